The van der Waals surface area contributed by atoms with Crippen molar-refractivity contribution in [3.05, 3.63) is 30.3 Å². The first-order chi connectivity index (χ1) is 12.3. The maximum atomic E-state index is 12.4. The Morgan fingerprint density at radius 3 is 2.54 bits per heavy atom. The fraction of sp³-hybridized carbons (Fsp3) is 0.611. The Hall–Kier alpha value is -0.930. The van der Waals surface area contributed by atoms with Crippen LogP contribution < -0.4 is 0 Å². The molecule has 0 aromatic heterocycles. The van der Waals surface area contributed by atoms with Crippen LogP contribution in [0.25, 0.3) is 0 Å². The van der Waals surface area contributed by atoms with Gasteiger partial charge in [-0.05, 0) is 25.5 Å². The number of thioether (sulfide) groups is 1. The number of aliphatic hydroxyl groups excluding tert-OH is 1. The van der Waals surface area contributed by atoms with Crippen molar-refractivity contribution in [1.29, 1.82) is 0 Å². The van der Waals surface area contributed by atoms with Crippen molar-refractivity contribution in [3.8, 4) is 0 Å². The van der Waals surface area contributed by atoms with Gasteiger partial charge < -0.3 is 5.11 Å². The SMILES string of the molecule is CC.CC(=O)[C@@H]1CSCN1CCC(O)CN(C)S(=O)(=O)c1ccccc1. The third-order valence-electron chi connectivity index (χ3n) is 4.11. The second-order valence-electron chi connectivity index (χ2n) is 5.98. The summed E-state index contributed by atoms with van der Waals surface area (Å²) in [6.45, 7) is 6.20. The lowest BCUT2D eigenvalue weighted by Crippen LogP contribution is -2.40. The van der Waals surface area contributed by atoms with E-state index in [1.54, 1.807) is 36.9 Å². The number of aliphatic hydroxyl groups is 1. The molecule has 0 spiro atoms. The van der Waals surface area contributed by atoms with Gasteiger partial charge in [-0.25, -0.2) is 8.42 Å². The van der Waals surface area contributed by atoms with Crippen LogP contribution in [0.4, 0.5) is 0 Å². The van der Waals surface area contributed by atoms with E-state index in [4.69, 9.17) is 0 Å². The number of rotatable bonds is 8. The van der Waals surface area contributed by atoms with Gasteiger partial charge in [-0.15, -0.1) is 11.8 Å². The van der Waals surface area contributed by atoms with Gasteiger partial charge in [0, 0.05) is 31.8 Å². The Kier molecular flexibility index (Phi) is 9.81. The minimum Gasteiger partial charge on any atom is -0.392 e. The zero-order chi connectivity index (χ0) is 19.7. The van der Waals surface area contributed by atoms with Gasteiger partial charge in [0.1, 0.15) is 5.78 Å². The molecule has 2 rings (SSSR count). The molecule has 1 aromatic carbocycles. The van der Waals surface area contributed by atoms with Crippen LogP contribution in [0, 0.1) is 0 Å². The van der Waals surface area contributed by atoms with Crippen molar-refractivity contribution < 1.29 is 18.3 Å². The summed E-state index contributed by atoms with van der Waals surface area (Å²) in [6.07, 6.45) is -0.342. The fourth-order valence-corrected chi connectivity index (χ4v) is 5.19. The van der Waals surface area contributed by atoms with E-state index in [1.165, 1.54) is 23.5 Å². The monoisotopic (exact) mass is 402 g/mol. The van der Waals surface area contributed by atoms with Crippen molar-refractivity contribution >= 4 is 27.6 Å². The molecule has 1 aliphatic heterocycles. The Morgan fingerprint density at radius 2 is 1.96 bits per heavy atom. The summed E-state index contributed by atoms with van der Waals surface area (Å²) in [5.74, 6) is 1.70. The Balaban J connectivity index is 0.00000163. The number of hydrogen-bond donors (Lipinski definition) is 1. The molecule has 0 bridgehead atoms. The number of likely N-dealkylation sites (N-methyl/N-ethyl adjacent to an activating group) is 1. The lowest BCUT2D eigenvalue weighted by molar-refractivity contribution is -0.120. The smallest absolute Gasteiger partial charge is 0.242 e. The van der Waals surface area contributed by atoms with Gasteiger partial charge in [-0.1, -0.05) is 32.0 Å². The van der Waals surface area contributed by atoms with Crippen LogP contribution in [0.1, 0.15) is 27.2 Å². The normalized spacial score (nSPS) is 19.1. The summed E-state index contributed by atoms with van der Waals surface area (Å²) < 4.78 is 26.0. The number of nitrogens with zero attached hydrogens (tertiary/aromatic N) is 2. The Morgan fingerprint density at radius 1 is 1.35 bits per heavy atom. The summed E-state index contributed by atoms with van der Waals surface area (Å²) in [5.41, 5.74) is 0. The van der Waals surface area contributed by atoms with Crippen LogP contribution in [0.5, 0.6) is 0 Å². The first kappa shape index (κ1) is 23.1. The average molecular weight is 403 g/mol. The van der Waals surface area contributed by atoms with Gasteiger partial charge in [0.05, 0.1) is 17.0 Å². The highest BCUT2D eigenvalue weighted by Crippen LogP contribution is 2.22. The third kappa shape index (κ3) is 6.35. The van der Waals surface area contributed by atoms with Crippen molar-refractivity contribution in [2.45, 2.75) is 44.2 Å². The lowest BCUT2D eigenvalue weighted by atomic mass is 10.2. The minimum absolute atomic E-state index is 0.0307. The van der Waals surface area contributed by atoms with Crippen molar-refractivity contribution in [2.75, 3.05) is 31.8 Å². The number of benzene rings is 1. The van der Waals surface area contributed by atoms with E-state index in [2.05, 4.69) is 0 Å². The van der Waals surface area contributed by atoms with Crippen LogP contribution in [-0.4, -0.2) is 72.4 Å². The Bertz CT molecular complexity index is 652. The fourth-order valence-electron chi connectivity index (χ4n) is 2.65. The van der Waals surface area contributed by atoms with Crippen LogP contribution >= 0.6 is 11.8 Å². The molecule has 0 radical (unpaired) electrons. The van der Waals surface area contributed by atoms with Gasteiger partial charge in [-0.3, -0.25) is 9.69 Å². The number of ketones is 1. The molecule has 0 saturated carbocycles. The standard InChI is InChI=1S/C16H24N2O4S2.C2H6/c1-13(19)16-11-23-12-18(16)9-8-14(20)10-17(2)24(21,22)15-6-4-3-5-7-15;1-2/h3-7,14,16,20H,8-12H2,1-2H3;1-2H3/t14?,16-;/m0./s1. The van der Waals surface area contributed by atoms with Gasteiger partial charge in [-0.2, -0.15) is 4.31 Å². The molecule has 1 aliphatic rings. The Labute approximate surface area is 161 Å². The molecule has 0 amide bonds. The van der Waals surface area contributed by atoms with E-state index in [1.807, 2.05) is 18.7 Å². The van der Waals surface area contributed by atoms with Gasteiger partial charge in [0.2, 0.25) is 10.0 Å². The number of carbonyl (C=O) groups excluding carboxylic acids is 1. The summed E-state index contributed by atoms with van der Waals surface area (Å²) in [6, 6.07) is 8.09. The van der Waals surface area contributed by atoms with E-state index in [0.29, 0.717) is 13.0 Å². The molecule has 1 aromatic rings. The van der Waals surface area contributed by atoms with Crippen molar-refractivity contribution in [1.82, 2.24) is 9.21 Å². The van der Waals surface area contributed by atoms with Crippen molar-refractivity contribution in [3.63, 3.8) is 0 Å². The highest BCUT2D eigenvalue weighted by Gasteiger charge is 2.29. The number of carbonyl (C=O) groups is 1. The van der Waals surface area contributed by atoms with Crippen LogP contribution in [-0.2, 0) is 14.8 Å². The topological polar surface area (TPSA) is 77.9 Å². The zero-order valence-electron chi connectivity index (χ0n) is 16.0. The molecule has 1 saturated heterocycles. The van der Waals surface area contributed by atoms with Crippen molar-refractivity contribution in [2.24, 2.45) is 0 Å². The summed E-state index contributed by atoms with van der Waals surface area (Å²) >= 11 is 1.70. The van der Waals surface area contributed by atoms with Crippen LogP contribution in [0.3, 0.4) is 0 Å². The summed E-state index contributed by atoms with van der Waals surface area (Å²) in [4.78, 5) is 13.8. The second kappa shape index (κ2) is 11.0. The zero-order valence-corrected chi connectivity index (χ0v) is 17.6. The quantitative estimate of drug-likeness (QED) is 0.717. The molecule has 2 atom stereocenters. The first-order valence-corrected chi connectivity index (χ1v) is 11.4. The van der Waals surface area contributed by atoms with Crippen LogP contribution in [0.2, 0.25) is 0 Å². The van der Waals surface area contributed by atoms with Gasteiger partial charge in [0.25, 0.3) is 0 Å². The molecular weight excluding hydrogens is 372 g/mol. The molecule has 1 N–H and O–H groups in total. The van der Waals surface area contributed by atoms with E-state index >= 15 is 0 Å². The maximum absolute atomic E-state index is 12.4. The lowest BCUT2D eigenvalue weighted by Gasteiger charge is -2.24. The number of hydrogen-bond acceptors (Lipinski definition) is 6. The summed E-state index contributed by atoms with van der Waals surface area (Å²) in [5, 5.41) is 10.2. The largest absolute Gasteiger partial charge is 0.392 e. The van der Waals surface area contributed by atoms with E-state index < -0.39 is 16.1 Å². The molecule has 1 heterocycles. The highest BCUT2D eigenvalue weighted by atomic mass is 32.2. The molecule has 1 unspecified atom stereocenters. The molecule has 6 nitrogen and oxygen atoms in total. The van der Waals surface area contributed by atoms with E-state index in [0.717, 1.165) is 11.6 Å². The molecular formula is C18H30N2O4S2. The molecule has 8 heteroatoms. The summed E-state index contributed by atoms with van der Waals surface area (Å²) in [7, 11) is -2.13. The average Bonchev–Trinajstić information content (AvgIpc) is 3.11. The number of sulfonamides is 1. The molecule has 0 aliphatic carbocycles. The van der Waals surface area contributed by atoms with Gasteiger partial charge in [0.15, 0.2) is 0 Å². The maximum Gasteiger partial charge on any atom is 0.242 e. The molecule has 1 fully saturated rings. The van der Waals surface area contributed by atoms with E-state index in [-0.39, 0.29) is 23.3 Å². The molecule has 26 heavy (non-hydrogen) atoms. The minimum atomic E-state index is -3.59. The second-order valence-corrected chi connectivity index (χ2v) is 9.02. The van der Waals surface area contributed by atoms with Crippen LogP contribution in [0.15, 0.2) is 35.2 Å². The highest BCUT2D eigenvalue weighted by molar-refractivity contribution is 7.99. The molecule has 148 valence electrons. The third-order valence-corrected chi connectivity index (χ3v) is 7.01. The van der Waals surface area contributed by atoms with Gasteiger partial charge >= 0.3 is 0 Å². The predicted octanol–water partition coefficient (Wildman–Crippen LogP) is 2.05. The predicted molar refractivity (Wildman–Crippen MR) is 107 cm³/mol. The first-order valence-electron chi connectivity index (χ1n) is 8.84. The number of Topliss-reactive ketones (excluding diaryl/α,β-unsaturated/α-hetero) is 1. The van der Waals surface area contributed by atoms with E-state index in [9.17, 15) is 18.3 Å².